The van der Waals surface area contributed by atoms with Gasteiger partial charge in [0.1, 0.15) is 0 Å². The molecule has 1 heterocycles. The summed E-state index contributed by atoms with van der Waals surface area (Å²) in [6, 6.07) is 3.42. The molecule has 1 amide bonds. The van der Waals surface area contributed by atoms with Gasteiger partial charge >= 0.3 is 5.97 Å². The quantitative estimate of drug-likeness (QED) is 0.838. The van der Waals surface area contributed by atoms with Crippen molar-refractivity contribution in [3.63, 3.8) is 0 Å². The fraction of sp³-hybridized carbons (Fsp3) is 0.385. The van der Waals surface area contributed by atoms with E-state index in [4.69, 9.17) is 4.74 Å². The predicted octanol–water partition coefficient (Wildman–Crippen LogP) is 1.64. The van der Waals surface area contributed by atoms with Crippen molar-refractivity contribution >= 4 is 33.5 Å². The van der Waals surface area contributed by atoms with Crippen LogP contribution in [-0.4, -0.2) is 36.7 Å². The largest absolute Gasteiger partial charge is 0.465 e. The van der Waals surface area contributed by atoms with E-state index in [0.717, 1.165) is 0 Å². The lowest BCUT2D eigenvalue weighted by Gasteiger charge is -2.20. The number of ether oxygens (including phenoxy) is 1. The number of nitrogens with zero attached hydrogens (tertiary/aromatic N) is 1. The first-order chi connectivity index (χ1) is 8.93. The van der Waals surface area contributed by atoms with Crippen molar-refractivity contribution in [2.24, 2.45) is 0 Å². The molecule has 1 aliphatic rings. The number of methoxy groups -OCH3 is 1. The molecule has 1 unspecified atom stereocenters. The molecule has 1 fully saturated rings. The zero-order valence-electron chi connectivity index (χ0n) is 10.6. The van der Waals surface area contributed by atoms with Gasteiger partial charge in [0, 0.05) is 10.2 Å². The molecule has 0 radical (unpaired) electrons. The van der Waals surface area contributed by atoms with Crippen LogP contribution < -0.4 is 4.90 Å². The van der Waals surface area contributed by atoms with Crippen LogP contribution in [0.25, 0.3) is 0 Å². The molecule has 2 rings (SSSR count). The molecule has 19 heavy (non-hydrogen) atoms. The fourth-order valence-corrected chi connectivity index (χ4v) is 2.63. The maximum Gasteiger partial charge on any atom is 0.338 e. The first-order valence-electron chi connectivity index (χ1n) is 5.81. The predicted molar refractivity (Wildman–Crippen MR) is 73.2 cm³/mol. The third kappa shape index (κ3) is 2.64. The van der Waals surface area contributed by atoms with Crippen LogP contribution in [0.3, 0.4) is 0 Å². The zero-order valence-corrected chi connectivity index (χ0v) is 12.2. The second-order valence-corrected chi connectivity index (χ2v) is 5.37. The summed E-state index contributed by atoms with van der Waals surface area (Å²) in [6.45, 7) is 2.00. The van der Waals surface area contributed by atoms with Crippen LogP contribution in [0.5, 0.6) is 0 Å². The summed E-state index contributed by atoms with van der Waals surface area (Å²) in [4.78, 5) is 25.0. The summed E-state index contributed by atoms with van der Waals surface area (Å²) in [5.74, 6) is -0.600. The van der Waals surface area contributed by atoms with Crippen molar-refractivity contribution < 1.29 is 19.4 Å². The Hall–Kier alpha value is -1.40. The van der Waals surface area contributed by atoms with E-state index in [-0.39, 0.29) is 18.9 Å². The lowest BCUT2D eigenvalue weighted by Crippen LogP contribution is -2.26. The maximum atomic E-state index is 11.8. The van der Waals surface area contributed by atoms with E-state index in [0.29, 0.717) is 21.3 Å². The van der Waals surface area contributed by atoms with Gasteiger partial charge in [-0.15, -0.1) is 0 Å². The minimum Gasteiger partial charge on any atom is -0.465 e. The number of carbonyl (C=O) groups excluding carboxylic acids is 2. The van der Waals surface area contributed by atoms with Gasteiger partial charge in [-0.1, -0.05) is 15.9 Å². The van der Waals surface area contributed by atoms with Gasteiger partial charge in [0.15, 0.2) is 0 Å². The molecular weight excluding hydrogens is 314 g/mol. The molecule has 0 saturated carbocycles. The molecule has 6 heteroatoms. The number of rotatable bonds is 2. The van der Waals surface area contributed by atoms with Crippen molar-refractivity contribution in [3.05, 3.63) is 27.7 Å². The molecule has 0 bridgehead atoms. The standard InChI is InChI=1S/C13H14BrNO4/c1-7-10(13(18)19-2)3-8(14)4-11(7)15-6-9(16)5-12(15)17/h3-4,9,16H,5-6H2,1-2H3. The Labute approximate surface area is 119 Å². The molecule has 1 N–H and O–H groups in total. The van der Waals surface area contributed by atoms with Crippen molar-refractivity contribution in [1.29, 1.82) is 0 Å². The Bertz CT molecular complexity index is 544. The van der Waals surface area contributed by atoms with E-state index in [1.165, 1.54) is 12.0 Å². The lowest BCUT2D eigenvalue weighted by molar-refractivity contribution is -0.117. The smallest absolute Gasteiger partial charge is 0.338 e. The highest BCUT2D eigenvalue weighted by Crippen LogP contribution is 2.31. The third-order valence-electron chi connectivity index (χ3n) is 3.15. The average Bonchev–Trinajstić information content (AvgIpc) is 2.70. The number of carbonyl (C=O) groups is 2. The van der Waals surface area contributed by atoms with E-state index >= 15 is 0 Å². The first-order valence-corrected chi connectivity index (χ1v) is 6.60. The van der Waals surface area contributed by atoms with Gasteiger partial charge in [-0.3, -0.25) is 4.79 Å². The number of anilines is 1. The van der Waals surface area contributed by atoms with Crippen molar-refractivity contribution in [2.75, 3.05) is 18.6 Å². The molecule has 0 aromatic heterocycles. The number of esters is 1. The van der Waals surface area contributed by atoms with Crippen molar-refractivity contribution in [3.8, 4) is 0 Å². The van der Waals surface area contributed by atoms with Crippen molar-refractivity contribution in [1.82, 2.24) is 0 Å². The van der Waals surface area contributed by atoms with Crippen LogP contribution in [-0.2, 0) is 9.53 Å². The van der Waals surface area contributed by atoms with Gasteiger partial charge in [0.05, 0.1) is 31.7 Å². The van der Waals surface area contributed by atoms with Gasteiger partial charge in [-0.25, -0.2) is 4.79 Å². The summed E-state index contributed by atoms with van der Waals surface area (Å²) in [5.41, 5.74) is 1.69. The van der Waals surface area contributed by atoms with Crippen LogP contribution in [0, 0.1) is 6.92 Å². The molecular formula is C13H14BrNO4. The molecule has 102 valence electrons. The minimum atomic E-state index is -0.660. The normalized spacial score (nSPS) is 18.8. The Kier molecular flexibility index (Phi) is 3.91. The number of aliphatic hydroxyl groups excluding tert-OH is 1. The first kappa shape index (κ1) is 14.0. The van der Waals surface area contributed by atoms with E-state index in [9.17, 15) is 14.7 Å². The number of benzene rings is 1. The summed E-state index contributed by atoms with van der Waals surface area (Å²) < 4.78 is 5.41. The fourth-order valence-electron chi connectivity index (χ4n) is 2.19. The highest BCUT2D eigenvalue weighted by Gasteiger charge is 2.31. The van der Waals surface area contributed by atoms with Crippen LogP contribution in [0.1, 0.15) is 22.3 Å². The Balaban J connectivity index is 2.49. The second kappa shape index (κ2) is 5.30. The van der Waals surface area contributed by atoms with Gasteiger partial charge in [-0.05, 0) is 24.6 Å². The number of hydrogen-bond acceptors (Lipinski definition) is 4. The lowest BCUT2D eigenvalue weighted by atomic mass is 10.1. The second-order valence-electron chi connectivity index (χ2n) is 4.45. The monoisotopic (exact) mass is 327 g/mol. The number of halogens is 1. The Morgan fingerprint density at radius 2 is 2.21 bits per heavy atom. The number of aliphatic hydroxyl groups is 1. The molecule has 0 aliphatic carbocycles. The van der Waals surface area contributed by atoms with Gasteiger partial charge < -0.3 is 14.7 Å². The topological polar surface area (TPSA) is 66.8 Å². The third-order valence-corrected chi connectivity index (χ3v) is 3.60. The summed E-state index contributed by atoms with van der Waals surface area (Å²) in [5, 5.41) is 9.55. The molecule has 0 spiro atoms. The van der Waals surface area contributed by atoms with E-state index < -0.39 is 12.1 Å². The Morgan fingerprint density at radius 3 is 2.74 bits per heavy atom. The number of amides is 1. The van der Waals surface area contributed by atoms with E-state index in [1.54, 1.807) is 19.1 Å². The molecule has 1 aromatic carbocycles. The summed E-state index contributed by atoms with van der Waals surface area (Å²) in [6.07, 6.45) is -0.549. The zero-order chi connectivity index (χ0) is 14.2. The average molecular weight is 328 g/mol. The summed E-state index contributed by atoms with van der Waals surface area (Å²) in [7, 11) is 1.31. The van der Waals surface area contributed by atoms with Crippen LogP contribution in [0.2, 0.25) is 0 Å². The molecule has 1 aliphatic heterocycles. The highest BCUT2D eigenvalue weighted by molar-refractivity contribution is 9.10. The van der Waals surface area contributed by atoms with Crippen LogP contribution in [0.15, 0.2) is 16.6 Å². The van der Waals surface area contributed by atoms with Gasteiger partial charge in [0.25, 0.3) is 0 Å². The van der Waals surface area contributed by atoms with Crippen LogP contribution in [0.4, 0.5) is 5.69 Å². The maximum absolute atomic E-state index is 11.8. The molecule has 1 aromatic rings. The van der Waals surface area contributed by atoms with Crippen LogP contribution >= 0.6 is 15.9 Å². The number of β-amino-alcohol motifs (C(OH)–C–C–N with tert-alkyl or cyclic N) is 1. The Morgan fingerprint density at radius 1 is 1.53 bits per heavy atom. The van der Waals surface area contributed by atoms with Gasteiger partial charge in [0.2, 0.25) is 5.91 Å². The summed E-state index contributed by atoms with van der Waals surface area (Å²) >= 11 is 3.32. The molecule has 1 atom stereocenters. The van der Waals surface area contributed by atoms with E-state index in [1.807, 2.05) is 0 Å². The number of hydrogen-bond donors (Lipinski definition) is 1. The van der Waals surface area contributed by atoms with E-state index in [2.05, 4.69) is 15.9 Å². The van der Waals surface area contributed by atoms with Crippen molar-refractivity contribution in [2.45, 2.75) is 19.4 Å². The van der Waals surface area contributed by atoms with Gasteiger partial charge in [-0.2, -0.15) is 0 Å². The SMILES string of the molecule is COC(=O)c1cc(Br)cc(N2CC(O)CC2=O)c1C. The minimum absolute atomic E-state index is 0.111. The molecule has 5 nitrogen and oxygen atoms in total. The molecule has 1 saturated heterocycles. The highest BCUT2D eigenvalue weighted by atomic mass is 79.9.